The van der Waals surface area contributed by atoms with Gasteiger partial charge in [-0.2, -0.15) is 4.98 Å². The summed E-state index contributed by atoms with van der Waals surface area (Å²) in [5, 5.41) is 7.30. The molecule has 154 valence electrons. The standard InChI is InChI=1S/C20H26N6O3/c1-12-16(13(2)26-20(23-12)24-18(10-21)25-26)6-8-19(27)22-11-14-9-15(28-3)5-7-17(14)29-4/h5,7,9H,6,8,10-11,21H2,1-4H3,(H,22,27). The molecule has 2 heterocycles. The molecule has 0 saturated heterocycles. The van der Waals surface area contributed by atoms with Gasteiger partial charge in [-0.15, -0.1) is 5.10 Å². The fraction of sp³-hybridized carbons (Fsp3) is 0.400. The number of carbonyl (C=O) groups is 1. The number of rotatable bonds is 8. The molecule has 0 spiro atoms. The Labute approximate surface area is 169 Å². The number of ether oxygens (including phenoxy) is 2. The Hall–Kier alpha value is -3.20. The number of hydrogen-bond acceptors (Lipinski definition) is 7. The summed E-state index contributed by atoms with van der Waals surface area (Å²) in [6.45, 7) is 4.48. The minimum absolute atomic E-state index is 0.0602. The molecule has 9 nitrogen and oxygen atoms in total. The number of carbonyl (C=O) groups excluding carboxylic acids is 1. The van der Waals surface area contributed by atoms with E-state index in [0.717, 1.165) is 22.5 Å². The maximum Gasteiger partial charge on any atom is 0.252 e. The number of benzene rings is 1. The first-order valence-corrected chi connectivity index (χ1v) is 9.36. The van der Waals surface area contributed by atoms with Crippen LogP contribution in [-0.2, 0) is 24.3 Å². The van der Waals surface area contributed by atoms with Crippen molar-refractivity contribution >= 4 is 11.7 Å². The lowest BCUT2D eigenvalue weighted by molar-refractivity contribution is -0.121. The number of nitrogens with zero attached hydrogens (tertiary/aromatic N) is 4. The van der Waals surface area contributed by atoms with Gasteiger partial charge in [0.2, 0.25) is 5.91 Å². The molecule has 0 aliphatic heterocycles. The van der Waals surface area contributed by atoms with Crippen molar-refractivity contribution in [3.05, 3.63) is 46.5 Å². The maximum atomic E-state index is 12.4. The highest BCUT2D eigenvalue weighted by Crippen LogP contribution is 2.23. The lowest BCUT2D eigenvalue weighted by atomic mass is 10.1. The molecule has 3 N–H and O–H groups in total. The molecule has 1 aromatic carbocycles. The van der Waals surface area contributed by atoms with Crippen molar-refractivity contribution < 1.29 is 14.3 Å². The first-order chi connectivity index (χ1) is 14.0. The van der Waals surface area contributed by atoms with Gasteiger partial charge in [0.05, 0.1) is 20.8 Å². The lowest BCUT2D eigenvalue weighted by Crippen LogP contribution is -2.23. The zero-order valence-electron chi connectivity index (χ0n) is 17.2. The summed E-state index contributed by atoms with van der Waals surface area (Å²) < 4.78 is 12.3. The van der Waals surface area contributed by atoms with E-state index in [2.05, 4.69) is 20.4 Å². The van der Waals surface area contributed by atoms with E-state index in [1.807, 2.05) is 32.0 Å². The number of aromatic nitrogens is 4. The highest BCUT2D eigenvalue weighted by molar-refractivity contribution is 5.76. The summed E-state index contributed by atoms with van der Waals surface area (Å²) in [5.74, 6) is 2.43. The number of nitrogens with two attached hydrogens (primary N) is 1. The molecule has 0 fully saturated rings. The van der Waals surface area contributed by atoms with E-state index >= 15 is 0 Å². The number of methoxy groups -OCH3 is 2. The minimum atomic E-state index is -0.0602. The van der Waals surface area contributed by atoms with Gasteiger partial charge >= 0.3 is 0 Å². The van der Waals surface area contributed by atoms with Crippen LogP contribution in [0, 0.1) is 13.8 Å². The Morgan fingerprint density at radius 2 is 2.00 bits per heavy atom. The van der Waals surface area contributed by atoms with Crippen LogP contribution in [0.4, 0.5) is 0 Å². The van der Waals surface area contributed by atoms with Crippen LogP contribution in [0.15, 0.2) is 18.2 Å². The molecule has 0 saturated carbocycles. The van der Waals surface area contributed by atoms with Gasteiger partial charge in [0, 0.05) is 29.9 Å². The zero-order chi connectivity index (χ0) is 21.0. The summed E-state index contributed by atoms with van der Waals surface area (Å²) >= 11 is 0. The fourth-order valence-electron chi connectivity index (χ4n) is 3.24. The van der Waals surface area contributed by atoms with Gasteiger partial charge in [-0.05, 0) is 44.0 Å². The molecule has 9 heteroatoms. The van der Waals surface area contributed by atoms with Crippen LogP contribution < -0.4 is 20.5 Å². The molecule has 1 amide bonds. The Morgan fingerprint density at radius 1 is 1.21 bits per heavy atom. The molecule has 0 atom stereocenters. The molecular weight excluding hydrogens is 372 g/mol. The largest absolute Gasteiger partial charge is 0.497 e. The lowest BCUT2D eigenvalue weighted by Gasteiger charge is -2.12. The van der Waals surface area contributed by atoms with E-state index in [-0.39, 0.29) is 12.5 Å². The van der Waals surface area contributed by atoms with Crippen LogP contribution in [0.2, 0.25) is 0 Å². The van der Waals surface area contributed by atoms with Crippen molar-refractivity contribution in [1.82, 2.24) is 24.9 Å². The third kappa shape index (κ3) is 4.45. The second-order valence-electron chi connectivity index (χ2n) is 6.66. The minimum Gasteiger partial charge on any atom is -0.497 e. The van der Waals surface area contributed by atoms with Gasteiger partial charge in [-0.1, -0.05) is 0 Å². The van der Waals surface area contributed by atoms with Crippen LogP contribution >= 0.6 is 0 Å². The van der Waals surface area contributed by atoms with Crippen molar-refractivity contribution in [1.29, 1.82) is 0 Å². The molecule has 29 heavy (non-hydrogen) atoms. The van der Waals surface area contributed by atoms with Crippen molar-refractivity contribution in [2.45, 2.75) is 39.8 Å². The SMILES string of the molecule is COc1ccc(OC)c(CNC(=O)CCc2c(C)nc3nc(CN)nn3c2C)c1. The van der Waals surface area contributed by atoms with E-state index in [0.29, 0.717) is 42.5 Å². The average molecular weight is 398 g/mol. The highest BCUT2D eigenvalue weighted by atomic mass is 16.5. The molecule has 0 unspecified atom stereocenters. The van der Waals surface area contributed by atoms with E-state index in [4.69, 9.17) is 15.2 Å². The van der Waals surface area contributed by atoms with E-state index in [9.17, 15) is 4.79 Å². The Kier molecular flexibility index (Phi) is 6.28. The monoisotopic (exact) mass is 398 g/mol. The number of hydrogen-bond donors (Lipinski definition) is 2. The van der Waals surface area contributed by atoms with E-state index < -0.39 is 0 Å². The van der Waals surface area contributed by atoms with Gasteiger partial charge in [0.15, 0.2) is 5.82 Å². The van der Waals surface area contributed by atoms with Crippen LogP contribution in [0.1, 0.15) is 34.8 Å². The van der Waals surface area contributed by atoms with Gasteiger partial charge in [0.25, 0.3) is 5.78 Å². The van der Waals surface area contributed by atoms with Crippen LogP contribution in [0.25, 0.3) is 5.78 Å². The van der Waals surface area contributed by atoms with Crippen molar-refractivity contribution in [3.8, 4) is 11.5 Å². The first kappa shape index (κ1) is 20.5. The van der Waals surface area contributed by atoms with Gasteiger partial charge in [0.1, 0.15) is 11.5 Å². The Bertz CT molecular complexity index is 1030. The molecule has 3 aromatic rings. The second-order valence-corrected chi connectivity index (χ2v) is 6.66. The Morgan fingerprint density at radius 3 is 2.69 bits per heavy atom. The smallest absolute Gasteiger partial charge is 0.252 e. The molecular formula is C20H26N6O3. The highest BCUT2D eigenvalue weighted by Gasteiger charge is 2.14. The second kappa shape index (κ2) is 8.87. The molecule has 2 aromatic heterocycles. The number of amides is 1. The molecule has 0 aliphatic carbocycles. The van der Waals surface area contributed by atoms with Crippen LogP contribution in [0.5, 0.6) is 11.5 Å². The maximum absolute atomic E-state index is 12.4. The van der Waals surface area contributed by atoms with Crippen molar-refractivity contribution in [2.75, 3.05) is 14.2 Å². The summed E-state index contributed by atoms with van der Waals surface area (Å²) in [6, 6.07) is 5.49. The molecule has 0 radical (unpaired) electrons. The summed E-state index contributed by atoms with van der Waals surface area (Å²) in [5.41, 5.74) is 9.22. The van der Waals surface area contributed by atoms with E-state index in [1.165, 1.54) is 0 Å². The molecule has 3 rings (SSSR count). The summed E-state index contributed by atoms with van der Waals surface area (Å²) in [6.07, 6.45) is 0.888. The molecule has 0 bridgehead atoms. The topological polar surface area (TPSA) is 117 Å². The predicted octanol–water partition coefficient (Wildman–Crippen LogP) is 1.47. The zero-order valence-corrected chi connectivity index (χ0v) is 17.2. The van der Waals surface area contributed by atoms with Crippen molar-refractivity contribution in [2.24, 2.45) is 5.73 Å². The van der Waals surface area contributed by atoms with Gasteiger partial charge in [-0.3, -0.25) is 4.79 Å². The average Bonchev–Trinajstić information content (AvgIpc) is 3.15. The number of fused-ring (bicyclic) bond motifs is 1. The van der Waals surface area contributed by atoms with Gasteiger partial charge < -0.3 is 20.5 Å². The summed E-state index contributed by atoms with van der Waals surface area (Å²) in [7, 11) is 3.20. The quantitative estimate of drug-likeness (QED) is 0.590. The van der Waals surface area contributed by atoms with Crippen molar-refractivity contribution in [3.63, 3.8) is 0 Å². The Balaban J connectivity index is 1.67. The third-order valence-corrected chi connectivity index (χ3v) is 4.84. The number of aryl methyl sites for hydroxylation is 2. The van der Waals surface area contributed by atoms with Crippen LogP contribution in [-0.4, -0.2) is 39.7 Å². The third-order valence-electron chi connectivity index (χ3n) is 4.84. The van der Waals surface area contributed by atoms with E-state index in [1.54, 1.807) is 18.7 Å². The summed E-state index contributed by atoms with van der Waals surface area (Å²) in [4.78, 5) is 21.2. The first-order valence-electron chi connectivity index (χ1n) is 9.36. The fourth-order valence-corrected chi connectivity index (χ4v) is 3.24. The predicted molar refractivity (Wildman–Crippen MR) is 108 cm³/mol. The normalized spacial score (nSPS) is 10.9. The van der Waals surface area contributed by atoms with Gasteiger partial charge in [-0.25, -0.2) is 9.50 Å². The number of nitrogens with one attached hydrogen (secondary N) is 1. The molecule has 0 aliphatic rings. The van der Waals surface area contributed by atoms with Crippen LogP contribution in [0.3, 0.4) is 0 Å².